The Hall–Kier alpha value is -1.04. The van der Waals surface area contributed by atoms with E-state index in [0.29, 0.717) is 0 Å². The minimum absolute atomic E-state index is 0. The first kappa shape index (κ1) is 8.88. The van der Waals surface area contributed by atoms with Crippen LogP contribution >= 0.6 is 0 Å². The fourth-order valence-corrected chi connectivity index (χ4v) is 0. The molecule has 0 bridgehead atoms. The van der Waals surface area contributed by atoms with Crippen molar-refractivity contribution < 1.29 is 9.50 Å². The molecule has 0 aromatic heterocycles. The SMILES string of the molecule is C#CC(N)=O.F. The van der Waals surface area contributed by atoms with Crippen molar-refractivity contribution >= 4 is 5.91 Å². The highest BCUT2D eigenvalue weighted by Gasteiger charge is 1.70. The third-order valence-electron chi connectivity index (χ3n) is 0.142. The van der Waals surface area contributed by atoms with Crippen molar-refractivity contribution in [2.24, 2.45) is 5.73 Å². The van der Waals surface area contributed by atoms with Gasteiger partial charge in [-0.3, -0.25) is 9.50 Å². The van der Waals surface area contributed by atoms with E-state index in [4.69, 9.17) is 0 Å². The van der Waals surface area contributed by atoms with Crippen LogP contribution in [0, 0.1) is 12.3 Å². The van der Waals surface area contributed by atoms with E-state index >= 15 is 0 Å². The number of primary amides is 1. The molecule has 0 aromatic rings. The number of halogens is 1. The van der Waals surface area contributed by atoms with E-state index in [9.17, 15) is 4.79 Å². The monoisotopic (exact) mass is 89.0 g/mol. The molecule has 0 fully saturated rings. The topological polar surface area (TPSA) is 43.1 Å². The van der Waals surface area contributed by atoms with E-state index in [1.807, 2.05) is 0 Å². The van der Waals surface area contributed by atoms with Gasteiger partial charge in [-0.1, -0.05) is 0 Å². The summed E-state index contributed by atoms with van der Waals surface area (Å²) in [5.41, 5.74) is 4.42. The van der Waals surface area contributed by atoms with Crippen LogP contribution in [0.2, 0.25) is 0 Å². The van der Waals surface area contributed by atoms with Gasteiger partial charge in [-0.25, -0.2) is 0 Å². The molecule has 0 radical (unpaired) electrons. The van der Waals surface area contributed by atoms with E-state index in [2.05, 4.69) is 12.2 Å². The van der Waals surface area contributed by atoms with Crippen molar-refractivity contribution in [3.63, 3.8) is 0 Å². The van der Waals surface area contributed by atoms with Crippen LogP contribution in [0.15, 0.2) is 0 Å². The largest absolute Gasteiger partial charge is 0.359 e. The average Bonchev–Trinajstić information content (AvgIpc) is 1.38. The summed E-state index contributed by atoms with van der Waals surface area (Å²) >= 11 is 0. The summed E-state index contributed by atoms with van der Waals surface area (Å²) in [4.78, 5) is 9.35. The summed E-state index contributed by atoms with van der Waals surface area (Å²) in [6.45, 7) is 0. The van der Waals surface area contributed by atoms with Crippen LogP contribution < -0.4 is 5.73 Å². The molecular weight excluding hydrogens is 85.0 g/mol. The molecule has 3 heteroatoms. The van der Waals surface area contributed by atoms with Crippen molar-refractivity contribution in [3.8, 4) is 12.3 Å². The van der Waals surface area contributed by atoms with Gasteiger partial charge >= 0.3 is 0 Å². The van der Waals surface area contributed by atoms with E-state index in [0.717, 1.165) is 0 Å². The van der Waals surface area contributed by atoms with Crippen molar-refractivity contribution in [1.82, 2.24) is 0 Å². The molecule has 2 nitrogen and oxygen atoms in total. The van der Waals surface area contributed by atoms with Crippen molar-refractivity contribution in [1.29, 1.82) is 0 Å². The van der Waals surface area contributed by atoms with Gasteiger partial charge in [-0.2, -0.15) is 0 Å². The van der Waals surface area contributed by atoms with Gasteiger partial charge in [0.15, 0.2) is 0 Å². The smallest absolute Gasteiger partial charge is 0.293 e. The predicted octanol–water partition coefficient (Wildman–Crippen LogP) is -0.743. The van der Waals surface area contributed by atoms with Crippen LogP contribution in [0.3, 0.4) is 0 Å². The van der Waals surface area contributed by atoms with Crippen LogP contribution in [0.4, 0.5) is 4.70 Å². The molecule has 0 aliphatic rings. The molecule has 0 saturated carbocycles. The molecule has 0 aliphatic carbocycles. The maximum Gasteiger partial charge on any atom is 0.293 e. The standard InChI is InChI=1S/C3H3NO.FH/c1-2-3(4)5;/h1H,(H2,4,5);1H. The van der Waals surface area contributed by atoms with Gasteiger partial charge in [-0.15, -0.1) is 6.42 Å². The quantitative estimate of drug-likeness (QED) is 0.390. The van der Waals surface area contributed by atoms with Gasteiger partial charge in [0.2, 0.25) is 0 Å². The Bertz CT molecular complexity index is 83.3. The Morgan fingerprint density at radius 3 is 2.00 bits per heavy atom. The molecule has 0 aromatic carbocycles. The number of hydrogen-bond donors (Lipinski definition) is 1. The highest BCUT2D eigenvalue weighted by molar-refractivity contribution is 5.91. The molecule has 2 N–H and O–H groups in total. The molecule has 0 spiro atoms. The fourth-order valence-electron chi connectivity index (χ4n) is 0. The first-order valence-electron chi connectivity index (χ1n) is 1.03. The Morgan fingerprint density at radius 1 is 1.83 bits per heavy atom. The summed E-state index contributed by atoms with van der Waals surface area (Å²) in [5, 5.41) is 0. The first-order chi connectivity index (χ1) is 2.27. The van der Waals surface area contributed by atoms with Crippen molar-refractivity contribution in [3.05, 3.63) is 0 Å². The lowest BCUT2D eigenvalue weighted by Crippen LogP contribution is -2.05. The summed E-state index contributed by atoms with van der Waals surface area (Å²) in [5.74, 6) is 0.949. The second kappa shape index (κ2) is 3.96. The summed E-state index contributed by atoms with van der Waals surface area (Å²) in [6.07, 6.45) is 4.45. The highest BCUT2D eigenvalue weighted by atomic mass is 19.0. The summed E-state index contributed by atoms with van der Waals surface area (Å²) in [7, 11) is 0. The van der Waals surface area contributed by atoms with Crippen LogP contribution in [0.5, 0.6) is 0 Å². The number of carbonyl (C=O) groups excluding carboxylic acids is 1. The Morgan fingerprint density at radius 2 is 2.00 bits per heavy atom. The Kier molecular flexibility index (Phi) is 5.86. The maximum atomic E-state index is 9.35. The lowest BCUT2D eigenvalue weighted by atomic mass is 10.7. The first-order valence-corrected chi connectivity index (χ1v) is 1.03. The van der Waals surface area contributed by atoms with Gasteiger partial charge in [0, 0.05) is 0 Å². The predicted molar refractivity (Wildman–Crippen MR) is 20.5 cm³/mol. The number of amides is 1. The van der Waals surface area contributed by atoms with Gasteiger partial charge in [-0.05, 0) is 5.92 Å². The molecule has 1 amide bonds. The van der Waals surface area contributed by atoms with Crippen LogP contribution in [0.1, 0.15) is 0 Å². The van der Waals surface area contributed by atoms with E-state index in [1.165, 1.54) is 0 Å². The maximum absolute atomic E-state index is 9.35. The Balaban J connectivity index is 0. The number of nitrogens with two attached hydrogens (primary N) is 1. The van der Waals surface area contributed by atoms with Crippen molar-refractivity contribution in [2.45, 2.75) is 0 Å². The van der Waals surface area contributed by atoms with Gasteiger partial charge in [0.05, 0.1) is 0 Å². The van der Waals surface area contributed by atoms with Gasteiger partial charge < -0.3 is 5.73 Å². The van der Waals surface area contributed by atoms with Crippen LogP contribution in [-0.4, -0.2) is 5.91 Å². The summed E-state index contributed by atoms with van der Waals surface area (Å²) in [6, 6.07) is 0. The molecule has 0 aliphatic heterocycles. The van der Waals surface area contributed by atoms with Crippen molar-refractivity contribution in [2.75, 3.05) is 0 Å². The molecule has 0 unspecified atom stereocenters. The second-order valence-electron chi connectivity index (χ2n) is 0.509. The lowest BCUT2D eigenvalue weighted by Gasteiger charge is -1.61. The van der Waals surface area contributed by atoms with E-state index in [1.54, 1.807) is 5.92 Å². The average molecular weight is 89.1 g/mol. The van der Waals surface area contributed by atoms with E-state index in [-0.39, 0.29) is 4.70 Å². The highest BCUT2D eigenvalue weighted by Crippen LogP contribution is 1.37. The minimum atomic E-state index is -0.718. The van der Waals surface area contributed by atoms with Gasteiger partial charge in [0.1, 0.15) is 0 Å². The zero-order valence-corrected chi connectivity index (χ0v) is 2.97. The molecule has 6 heavy (non-hydrogen) atoms. The number of rotatable bonds is 0. The third kappa shape index (κ3) is 12.3. The van der Waals surface area contributed by atoms with Gasteiger partial charge in [0.25, 0.3) is 5.91 Å². The Labute approximate surface area is 34.7 Å². The normalized spacial score (nSPS) is 4.50. The number of terminal acetylenes is 1. The van der Waals surface area contributed by atoms with Crippen LogP contribution in [0.25, 0.3) is 0 Å². The van der Waals surface area contributed by atoms with E-state index < -0.39 is 5.91 Å². The zero-order chi connectivity index (χ0) is 4.28. The van der Waals surface area contributed by atoms with Crippen LogP contribution in [-0.2, 0) is 4.79 Å². The summed E-state index contributed by atoms with van der Waals surface area (Å²) < 4.78 is 0. The zero-order valence-electron chi connectivity index (χ0n) is 2.97. The molecule has 0 atom stereocenters. The molecule has 34 valence electrons. The second-order valence-corrected chi connectivity index (χ2v) is 0.509. The fraction of sp³-hybridized carbons (Fsp3) is 0. The lowest BCUT2D eigenvalue weighted by molar-refractivity contribution is -0.112. The third-order valence-corrected chi connectivity index (χ3v) is 0.142. The molecular formula is C3H4FNO. The minimum Gasteiger partial charge on any atom is -0.359 e. The number of hydrogen-bond acceptors (Lipinski definition) is 1. The number of carbonyl (C=O) groups is 1. The molecule has 0 heterocycles. The molecule has 0 saturated heterocycles. The molecule has 0 rings (SSSR count).